The van der Waals surface area contributed by atoms with Crippen LogP contribution in [0.5, 0.6) is 0 Å². The summed E-state index contributed by atoms with van der Waals surface area (Å²) >= 11 is 0. The second kappa shape index (κ2) is 5.83. The van der Waals surface area contributed by atoms with Crippen LogP contribution in [0.1, 0.15) is 18.9 Å². The fourth-order valence-corrected chi connectivity index (χ4v) is 1.65. The van der Waals surface area contributed by atoms with Crippen LogP contribution in [-0.4, -0.2) is 31.6 Å². The van der Waals surface area contributed by atoms with Gasteiger partial charge in [-0.2, -0.15) is 0 Å². The normalized spacial score (nSPS) is 13.4. The third kappa shape index (κ3) is 3.16. The molecule has 0 saturated carbocycles. The Morgan fingerprint density at radius 3 is 2.86 bits per heavy atom. The van der Waals surface area contributed by atoms with Crippen molar-refractivity contribution in [3.05, 3.63) is 24.2 Å². The fourth-order valence-electron chi connectivity index (χ4n) is 1.65. The summed E-state index contributed by atoms with van der Waals surface area (Å²) in [6, 6.07) is 2.61. The molecule has 0 aliphatic heterocycles. The topological polar surface area (TPSA) is 28.4 Å². The smallest absolute Gasteiger partial charge is 0.0947 e. The lowest BCUT2D eigenvalue weighted by atomic mass is 10.2. The summed E-state index contributed by atoms with van der Waals surface area (Å²) in [7, 11) is 4.15. The van der Waals surface area contributed by atoms with Gasteiger partial charge in [0, 0.05) is 24.7 Å². The van der Waals surface area contributed by atoms with E-state index in [0.717, 1.165) is 19.5 Å². The van der Waals surface area contributed by atoms with Crippen molar-refractivity contribution < 1.29 is 4.42 Å². The van der Waals surface area contributed by atoms with Gasteiger partial charge in [-0.1, -0.05) is 6.92 Å². The first-order valence-corrected chi connectivity index (χ1v) is 5.13. The standard InChI is InChI=1S/C11H20N2O/c1-4-11(7-12-2)13(3)8-10-5-6-14-9-10/h5-6,9,11-12H,4,7-8H2,1-3H3. The van der Waals surface area contributed by atoms with Crippen LogP contribution in [0.3, 0.4) is 0 Å². The molecular weight excluding hydrogens is 176 g/mol. The number of likely N-dealkylation sites (N-methyl/N-ethyl adjacent to an activating group) is 2. The van der Waals surface area contributed by atoms with Gasteiger partial charge in [-0.3, -0.25) is 4.90 Å². The van der Waals surface area contributed by atoms with Gasteiger partial charge in [0.25, 0.3) is 0 Å². The van der Waals surface area contributed by atoms with Gasteiger partial charge in [-0.15, -0.1) is 0 Å². The predicted octanol–water partition coefficient (Wildman–Crippen LogP) is 1.71. The molecule has 0 aliphatic carbocycles. The minimum Gasteiger partial charge on any atom is -0.472 e. The van der Waals surface area contributed by atoms with E-state index in [1.807, 2.05) is 19.4 Å². The molecule has 1 aromatic rings. The minimum absolute atomic E-state index is 0.592. The Balaban J connectivity index is 2.43. The minimum atomic E-state index is 0.592. The van der Waals surface area contributed by atoms with Gasteiger partial charge in [0.1, 0.15) is 0 Å². The van der Waals surface area contributed by atoms with Crippen molar-refractivity contribution in [3.8, 4) is 0 Å². The Kier molecular flexibility index (Phi) is 4.70. The van der Waals surface area contributed by atoms with E-state index in [9.17, 15) is 0 Å². The molecule has 1 unspecified atom stereocenters. The second-order valence-corrected chi connectivity index (χ2v) is 3.67. The molecule has 1 heterocycles. The SMILES string of the molecule is CCC(CNC)N(C)Cc1ccoc1. The summed E-state index contributed by atoms with van der Waals surface area (Å²) in [5.74, 6) is 0. The molecule has 1 atom stereocenters. The van der Waals surface area contributed by atoms with Crippen LogP contribution in [0.15, 0.2) is 23.0 Å². The Hall–Kier alpha value is -0.800. The van der Waals surface area contributed by atoms with E-state index in [1.54, 1.807) is 6.26 Å². The third-order valence-electron chi connectivity index (χ3n) is 2.55. The zero-order valence-corrected chi connectivity index (χ0v) is 9.29. The molecule has 0 bridgehead atoms. The van der Waals surface area contributed by atoms with Crippen molar-refractivity contribution in [2.24, 2.45) is 0 Å². The quantitative estimate of drug-likeness (QED) is 0.751. The van der Waals surface area contributed by atoms with Gasteiger partial charge in [0.15, 0.2) is 0 Å². The summed E-state index contributed by atoms with van der Waals surface area (Å²) in [6.07, 6.45) is 4.69. The molecule has 0 radical (unpaired) electrons. The predicted molar refractivity (Wildman–Crippen MR) is 58.2 cm³/mol. The van der Waals surface area contributed by atoms with E-state index in [1.165, 1.54) is 5.56 Å². The molecule has 3 heteroatoms. The summed E-state index contributed by atoms with van der Waals surface area (Å²) in [5.41, 5.74) is 1.24. The van der Waals surface area contributed by atoms with Crippen molar-refractivity contribution in [2.45, 2.75) is 25.9 Å². The average Bonchev–Trinajstić information content (AvgIpc) is 2.66. The molecule has 1 aromatic heterocycles. The van der Waals surface area contributed by atoms with E-state index in [2.05, 4.69) is 24.2 Å². The van der Waals surface area contributed by atoms with Gasteiger partial charge in [0.05, 0.1) is 12.5 Å². The molecule has 1 N–H and O–H groups in total. The summed E-state index contributed by atoms with van der Waals surface area (Å²) in [5, 5.41) is 3.21. The van der Waals surface area contributed by atoms with Crippen LogP contribution in [0, 0.1) is 0 Å². The molecular formula is C11H20N2O. The zero-order chi connectivity index (χ0) is 10.4. The van der Waals surface area contributed by atoms with E-state index in [4.69, 9.17) is 4.42 Å². The van der Waals surface area contributed by atoms with E-state index in [-0.39, 0.29) is 0 Å². The maximum atomic E-state index is 5.05. The van der Waals surface area contributed by atoms with Crippen LogP contribution < -0.4 is 5.32 Å². The Morgan fingerprint density at radius 1 is 1.57 bits per heavy atom. The monoisotopic (exact) mass is 196 g/mol. The van der Waals surface area contributed by atoms with Gasteiger partial charge < -0.3 is 9.73 Å². The van der Waals surface area contributed by atoms with Crippen LogP contribution in [0.2, 0.25) is 0 Å². The Morgan fingerprint density at radius 2 is 2.36 bits per heavy atom. The lowest BCUT2D eigenvalue weighted by Gasteiger charge is -2.26. The lowest BCUT2D eigenvalue weighted by Crippen LogP contribution is -2.38. The summed E-state index contributed by atoms with van der Waals surface area (Å²) in [4.78, 5) is 2.35. The highest BCUT2D eigenvalue weighted by molar-refractivity contribution is 5.04. The number of rotatable bonds is 6. The maximum Gasteiger partial charge on any atom is 0.0947 e. The molecule has 0 fully saturated rings. The van der Waals surface area contributed by atoms with Gasteiger partial charge >= 0.3 is 0 Å². The molecule has 80 valence electrons. The first-order valence-electron chi connectivity index (χ1n) is 5.13. The molecule has 0 spiro atoms. The van der Waals surface area contributed by atoms with Crippen molar-refractivity contribution in [3.63, 3.8) is 0 Å². The number of nitrogens with zero attached hydrogens (tertiary/aromatic N) is 1. The van der Waals surface area contributed by atoms with Crippen molar-refractivity contribution >= 4 is 0 Å². The molecule has 14 heavy (non-hydrogen) atoms. The highest BCUT2D eigenvalue weighted by Gasteiger charge is 2.11. The largest absolute Gasteiger partial charge is 0.472 e. The number of hydrogen-bond donors (Lipinski definition) is 1. The van der Waals surface area contributed by atoms with Crippen LogP contribution in [0.25, 0.3) is 0 Å². The van der Waals surface area contributed by atoms with Crippen molar-refractivity contribution in [1.82, 2.24) is 10.2 Å². The molecule has 0 saturated heterocycles. The first-order chi connectivity index (χ1) is 6.77. The molecule has 1 rings (SSSR count). The van der Waals surface area contributed by atoms with E-state index < -0.39 is 0 Å². The van der Waals surface area contributed by atoms with Crippen molar-refractivity contribution in [1.29, 1.82) is 0 Å². The fraction of sp³-hybridized carbons (Fsp3) is 0.636. The van der Waals surface area contributed by atoms with E-state index in [0.29, 0.717) is 6.04 Å². The number of furan rings is 1. The van der Waals surface area contributed by atoms with Crippen molar-refractivity contribution in [2.75, 3.05) is 20.6 Å². The molecule has 0 amide bonds. The molecule has 0 aliphatic rings. The average molecular weight is 196 g/mol. The van der Waals surface area contributed by atoms with Gasteiger partial charge in [-0.05, 0) is 26.6 Å². The summed E-state index contributed by atoms with van der Waals surface area (Å²) in [6.45, 7) is 4.20. The van der Waals surface area contributed by atoms with Crippen LogP contribution in [-0.2, 0) is 6.54 Å². The summed E-state index contributed by atoms with van der Waals surface area (Å²) < 4.78 is 5.05. The van der Waals surface area contributed by atoms with Crippen LogP contribution in [0.4, 0.5) is 0 Å². The third-order valence-corrected chi connectivity index (χ3v) is 2.55. The van der Waals surface area contributed by atoms with Gasteiger partial charge in [-0.25, -0.2) is 0 Å². The maximum absolute atomic E-state index is 5.05. The number of hydrogen-bond acceptors (Lipinski definition) is 3. The zero-order valence-electron chi connectivity index (χ0n) is 9.29. The van der Waals surface area contributed by atoms with Crippen LogP contribution >= 0.6 is 0 Å². The second-order valence-electron chi connectivity index (χ2n) is 3.67. The van der Waals surface area contributed by atoms with Gasteiger partial charge in [0.2, 0.25) is 0 Å². The Labute approximate surface area is 86.1 Å². The number of nitrogens with one attached hydrogen (secondary N) is 1. The lowest BCUT2D eigenvalue weighted by molar-refractivity contribution is 0.224. The first kappa shape index (κ1) is 11.3. The highest BCUT2D eigenvalue weighted by Crippen LogP contribution is 2.08. The Bertz CT molecular complexity index is 233. The molecule has 0 aromatic carbocycles. The van der Waals surface area contributed by atoms with E-state index >= 15 is 0 Å². The molecule has 3 nitrogen and oxygen atoms in total. The highest BCUT2D eigenvalue weighted by atomic mass is 16.3.